The average Bonchev–Trinajstić information content (AvgIpc) is 3.50. The summed E-state index contributed by atoms with van der Waals surface area (Å²) in [6.07, 6.45) is 4.69. The third kappa shape index (κ3) is 7.76. The maximum Gasteiger partial charge on any atom is 0.309 e. The number of hydrogen-bond donors (Lipinski definition) is 1. The number of aromatic nitrogens is 2. The molecule has 0 aliphatic carbocycles. The molecule has 43 heavy (non-hydrogen) atoms. The van der Waals surface area contributed by atoms with Crippen molar-refractivity contribution < 1.29 is 14.3 Å². The van der Waals surface area contributed by atoms with E-state index in [0.29, 0.717) is 51.1 Å². The molecule has 4 aromatic rings. The highest BCUT2D eigenvalue weighted by molar-refractivity contribution is 5.80. The van der Waals surface area contributed by atoms with E-state index in [1.165, 1.54) is 18.2 Å². The Labute approximate surface area is 252 Å². The molecule has 0 saturated carbocycles. The fraction of sp³-hybridized carbons (Fsp3) is 0.314. The number of nitriles is 1. The van der Waals surface area contributed by atoms with E-state index in [1.54, 1.807) is 6.33 Å². The normalized spacial score (nSPS) is 16.9. The molecule has 2 unspecified atom stereocenters. The Morgan fingerprint density at radius 1 is 0.977 bits per heavy atom. The minimum atomic E-state index is -0.365. The SMILES string of the molecule is COC(=O)C1CC(C(=O)NCCc2cncn2Cc2ccc(C#N)cc2)CN(CC(c2ccccc2)c2ccccc2)C1. The van der Waals surface area contributed by atoms with E-state index < -0.39 is 0 Å². The van der Waals surface area contributed by atoms with Gasteiger partial charge in [-0.1, -0.05) is 72.8 Å². The predicted molar refractivity (Wildman–Crippen MR) is 164 cm³/mol. The van der Waals surface area contributed by atoms with Crippen molar-refractivity contribution in [2.45, 2.75) is 25.3 Å². The molecular weight excluding hydrogens is 538 g/mol. The van der Waals surface area contributed by atoms with Gasteiger partial charge in [0.15, 0.2) is 0 Å². The summed E-state index contributed by atoms with van der Waals surface area (Å²) in [6.45, 7) is 2.93. The van der Waals surface area contributed by atoms with Crippen LogP contribution in [-0.4, -0.2) is 59.6 Å². The molecule has 1 aromatic heterocycles. The molecule has 5 rings (SSSR count). The molecule has 8 heteroatoms. The Kier molecular flexibility index (Phi) is 9.98. The molecule has 0 bridgehead atoms. The Morgan fingerprint density at radius 2 is 1.63 bits per heavy atom. The standard InChI is InChI=1S/C35H37N5O3/c1-43-35(42)31-18-30(22-39(23-31)24-33(28-8-4-2-5-9-28)29-10-6-3-7-11-29)34(41)38-17-16-32-20-37-25-40(32)21-27-14-12-26(19-36)13-15-27/h2-15,20,25,30-31,33H,16-18,21-24H2,1H3,(H,38,41). The first kappa shape index (κ1) is 29.7. The van der Waals surface area contributed by atoms with Gasteiger partial charge in [-0.2, -0.15) is 5.26 Å². The van der Waals surface area contributed by atoms with Crippen molar-refractivity contribution in [1.29, 1.82) is 5.26 Å². The Morgan fingerprint density at radius 3 is 2.26 bits per heavy atom. The van der Waals surface area contributed by atoms with Crippen LogP contribution in [0.5, 0.6) is 0 Å². The van der Waals surface area contributed by atoms with Gasteiger partial charge in [0.1, 0.15) is 0 Å². The van der Waals surface area contributed by atoms with Crippen LogP contribution in [0.4, 0.5) is 0 Å². The summed E-state index contributed by atoms with van der Waals surface area (Å²) in [6, 6.07) is 30.4. The largest absolute Gasteiger partial charge is 0.469 e. The number of carbonyl (C=O) groups excluding carboxylic acids is 2. The van der Waals surface area contributed by atoms with Gasteiger partial charge >= 0.3 is 5.97 Å². The third-order valence-electron chi connectivity index (χ3n) is 8.19. The lowest BCUT2D eigenvalue weighted by Crippen LogP contribution is -2.49. The van der Waals surface area contributed by atoms with Crippen molar-refractivity contribution in [3.8, 4) is 6.07 Å². The highest BCUT2D eigenvalue weighted by Crippen LogP contribution is 2.30. The fourth-order valence-corrected chi connectivity index (χ4v) is 5.94. The highest BCUT2D eigenvalue weighted by atomic mass is 16.5. The zero-order valence-electron chi connectivity index (χ0n) is 24.4. The van der Waals surface area contributed by atoms with Gasteiger partial charge in [-0.25, -0.2) is 4.98 Å². The van der Waals surface area contributed by atoms with Gasteiger partial charge in [0.2, 0.25) is 5.91 Å². The lowest BCUT2D eigenvalue weighted by molar-refractivity contribution is -0.149. The van der Waals surface area contributed by atoms with Gasteiger partial charge < -0.3 is 19.5 Å². The second kappa shape index (κ2) is 14.4. The van der Waals surface area contributed by atoms with E-state index in [-0.39, 0.29) is 29.6 Å². The maximum absolute atomic E-state index is 13.5. The number of methoxy groups -OCH3 is 1. The molecular formula is C35H37N5O3. The quantitative estimate of drug-likeness (QED) is 0.266. The van der Waals surface area contributed by atoms with E-state index in [1.807, 2.05) is 66.9 Å². The van der Waals surface area contributed by atoms with E-state index in [2.05, 4.69) is 50.1 Å². The number of imidazole rings is 1. The molecule has 1 N–H and O–H groups in total. The topological polar surface area (TPSA) is 100 Å². The van der Waals surface area contributed by atoms with Crippen molar-refractivity contribution >= 4 is 11.9 Å². The molecule has 1 amide bonds. The molecule has 3 aromatic carbocycles. The molecule has 8 nitrogen and oxygen atoms in total. The summed E-state index contributed by atoms with van der Waals surface area (Å²) in [7, 11) is 1.41. The van der Waals surface area contributed by atoms with E-state index in [4.69, 9.17) is 10.00 Å². The van der Waals surface area contributed by atoms with Crippen molar-refractivity contribution in [1.82, 2.24) is 19.8 Å². The van der Waals surface area contributed by atoms with Crippen molar-refractivity contribution in [2.24, 2.45) is 11.8 Å². The van der Waals surface area contributed by atoms with E-state index in [0.717, 1.165) is 11.3 Å². The number of nitrogens with one attached hydrogen (secondary N) is 1. The molecule has 1 aliphatic heterocycles. The molecule has 0 radical (unpaired) electrons. The Hall–Kier alpha value is -4.74. The van der Waals surface area contributed by atoms with Gasteiger partial charge in [-0.3, -0.25) is 9.59 Å². The first-order valence-corrected chi connectivity index (χ1v) is 14.7. The zero-order valence-corrected chi connectivity index (χ0v) is 24.4. The van der Waals surface area contributed by atoms with Gasteiger partial charge in [-0.05, 0) is 35.2 Å². The summed E-state index contributed by atoms with van der Waals surface area (Å²) in [4.78, 5) is 32.7. The number of benzene rings is 3. The second-order valence-electron chi connectivity index (χ2n) is 11.1. The molecule has 1 saturated heterocycles. The van der Waals surface area contributed by atoms with Gasteiger partial charge in [-0.15, -0.1) is 0 Å². The zero-order chi connectivity index (χ0) is 30.0. The Balaban J connectivity index is 1.23. The van der Waals surface area contributed by atoms with Crippen LogP contribution in [0.3, 0.4) is 0 Å². The molecule has 1 fully saturated rings. The number of esters is 1. The molecule has 2 heterocycles. The van der Waals surface area contributed by atoms with Crippen LogP contribution in [0.2, 0.25) is 0 Å². The minimum absolute atomic E-state index is 0.0484. The first-order valence-electron chi connectivity index (χ1n) is 14.7. The number of rotatable bonds is 11. The Bertz CT molecular complexity index is 1490. The number of piperidine rings is 1. The summed E-state index contributed by atoms with van der Waals surface area (Å²) in [5.41, 5.74) is 5.11. The second-order valence-corrected chi connectivity index (χ2v) is 11.1. The van der Waals surface area contributed by atoms with Crippen LogP contribution in [0.15, 0.2) is 97.5 Å². The lowest BCUT2D eigenvalue weighted by Gasteiger charge is -2.38. The van der Waals surface area contributed by atoms with Crippen molar-refractivity contribution in [3.63, 3.8) is 0 Å². The maximum atomic E-state index is 13.5. The van der Waals surface area contributed by atoms with Crippen LogP contribution in [-0.2, 0) is 27.3 Å². The average molecular weight is 576 g/mol. The third-order valence-corrected chi connectivity index (χ3v) is 8.19. The van der Waals surface area contributed by atoms with Crippen LogP contribution in [0, 0.1) is 23.2 Å². The number of carbonyl (C=O) groups is 2. The summed E-state index contributed by atoms with van der Waals surface area (Å²) >= 11 is 0. The predicted octanol–water partition coefficient (Wildman–Crippen LogP) is 4.40. The van der Waals surface area contributed by atoms with Crippen LogP contribution < -0.4 is 5.32 Å². The number of amides is 1. The van der Waals surface area contributed by atoms with Crippen molar-refractivity contribution in [3.05, 3.63) is 125 Å². The lowest BCUT2D eigenvalue weighted by atomic mass is 9.85. The van der Waals surface area contributed by atoms with Gasteiger partial charge in [0, 0.05) is 57.0 Å². The number of hydrogen-bond acceptors (Lipinski definition) is 6. The van der Waals surface area contributed by atoms with Crippen LogP contribution in [0.25, 0.3) is 0 Å². The molecule has 1 aliphatic rings. The van der Waals surface area contributed by atoms with E-state index >= 15 is 0 Å². The van der Waals surface area contributed by atoms with Crippen LogP contribution >= 0.6 is 0 Å². The molecule has 220 valence electrons. The molecule has 0 spiro atoms. The summed E-state index contributed by atoms with van der Waals surface area (Å²) in [5.74, 6) is -0.902. The molecule has 2 atom stereocenters. The van der Waals surface area contributed by atoms with Gasteiger partial charge in [0.05, 0.1) is 36.9 Å². The van der Waals surface area contributed by atoms with Gasteiger partial charge in [0.25, 0.3) is 0 Å². The number of likely N-dealkylation sites (tertiary alicyclic amines) is 1. The van der Waals surface area contributed by atoms with Crippen molar-refractivity contribution in [2.75, 3.05) is 33.3 Å². The fourth-order valence-electron chi connectivity index (χ4n) is 5.94. The minimum Gasteiger partial charge on any atom is -0.469 e. The number of nitrogens with zero attached hydrogens (tertiary/aromatic N) is 4. The highest BCUT2D eigenvalue weighted by Gasteiger charge is 2.36. The summed E-state index contributed by atoms with van der Waals surface area (Å²) < 4.78 is 7.17. The van der Waals surface area contributed by atoms with E-state index in [9.17, 15) is 9.59 Å². The smallest absolute Gasteiger partial charge is 0.309 e. The van der Waals surface area contributed by atoms with Crippen LogP contribution in [0.1, 0.15) is 40.3 Å². The summed E-state index contributed by atoms with van der Waals surface area (Å²) in [5, 5.41) is 12.2. The first-order chi connectivity index (χ1) is 21.0. The monoisotopic (exact) mass is 575 g/mol. The number of ether oxygens (including phenoxy) is 1.